The van der Waals surface area contributed by atoms with Gasteiger partial charge in [-0.05, 0) is 29.3 Å². The molecule has 2 N–H and O–H groups in total. The Kier molecular flexibility index (Phi) is 4.67. The van der Waals surface area contributed by atoms with E-state index in [2.05, 4.69) is 16.7 Å². The van der Waals surface area contributed by atoms with Gasteiger partial charge in [0.15, 0.2) is 5.78 Å². The lowest BCUT2D eigenvalue weighted by Crippen LogP contribution is -2.29. The molecule has 0 aromatic heterocycles. The lowest BCUT2D eigenvalue weighted by molar-refractivity contribution is -0.121. The molecule has 5 heteroatoms. The van der Waals surface area contributed by atoms with Gasteiger partial charge in [-0.1, -0.05) is 49.0 Å². The van der Waals surface area contributed by atoms with Gasteiger partial charge >= 0.3 is 0 Å². The zero-order valence-corrected chi connectivity index (χ0v) is 13.7. The molecule has 4 nitrogen and oxygen atoms in total. The van der Waals surface area contributed by atoms with Crippen LogP contribution in [-0.4, -0.2) is 24.0 Å². The van der Waals surface area contributed by atoms with E-state index in [1.54, 1.807) is 0 Å². The Hall–Kier alpha value is -2.27. The highest BCUT2D eigenvalue weighted by molar-refractivity contribution is 8.04. The van der Waals surface area contributed by atoms with Crippen LogP contribution in [0.4, 0.5) is 5.69 Å². The second-order valence-electron chi connectivity index (χ2n) is 5.36. The average Bonchev–Trinajstić information content (AvgIpc) is 2.93. The van der Waals surface area contributed by atoms with Gasteiger partial charge in [0, 0.05) is 12.2 Å². The Morgan fingerprint density at radius 2 is 1.96 bits per heavy atom. The van der Waals surface area contributed by atoms with Gasteiger partial charge in [0.05, 0.1) is 10.8 Å². The second-order valence-corrected chi connectivity index (χ2v) is 6.34. The maximum Gasteiger partial charge on any atom is 0.257 e. The quantitative estimate of drug-likeness (QED) is 0.828. The molecule has 1 amide bonds. The van der Waals surface area contributed by atoms with Crippen molar-refractivity contribution < 1.29 is 9.59 Å². The van der Waals surface area contributed by atoms with Gasteiger partial charge < -0.3 is 10.6 Å². The standard InChI is InChI=1S/C18H18N2O2S/c1-2-9-19-17(22)16-15(21)11-23-18(16)20-14-8-7-12-5-3-4-6-13(12)10-14/h3-8,10,20H,2,9,11H2,1H3,(H,19,22). The predicted octanol–water partition coefficient (Wildman–Crippen LogP) is 3.31. The van der Waals surface area contributed by atoms with Crippen LogP contribution in [0.25, 0.3) is 10.8 Å². The van der Waals surface area contributed by atoms with Crippen LogP contribution in [-0.2, 0) is 9.59 Å². The summed E-state index contributed by atoms with van der Waals surface area (Å²) in [6.07, 6.45) is 0.841. The van der Waals surface area contributed by atoms with Crippen LogP contribution in [0.3, 0.4) is 0 Å². The molecule has 2 aromatic rings. The molecule has 0 unspecified atom stereocenters. The summed E-state index contributed by atoms with van der Waals surface area (Å²) in [5.74, 6) is -0.0952. The van der Waals surface area contributed by atoms with Crippen LogP contribution < -0.4 is 10.6 Å². The summed E-state index contributed by atoms with van der Waals surface area (Å²) in [6, 6.07) is 14.1. The van der Waals surface area contributed by atoms with Crippen molar-refractivity contribution in [3.8, 4) is 0 Å². The minimum Gasteiger partial charge on any atom is -0.352 e. The Labute approximate surface area is 139 Å². The molecule has 0 atom stereocenters. The number of fused-ring (bicyclic) bond motifs is 1. The highest BCUT2D eigenvalue weighted by Gasteiger charge is 2.29. The third-order valence-corrected chi connectivity index (χ3v) is 4.62. The van der Waals surface area contributed by atoms with Gasteiger partial charge in [-0.2, -0.15) is 0 Å². The van der Waals surface area contributed by atoms with Gasteiger partial charge in [-0.25, -0.2) is 0 Å². The van der Waals surface area contributed by atoms with Crippen molar-refractivity contribution in [1.29, 1.82) is 0 Å². The highest BCUT2D eigenvalue weighted by Crippen LogP contribution is 2.31. The smallest absolute Gasteiger partial charge is 0.257 e. The van der Waals surface area contributed by atoms with Crippen molar-refractivity contribution in [2.45, 2.75) is 13.3 Å². The minimum atomic E-state index is -0.287. The molecule has 1 heterocycles. The number of Topliss-reactive ketones (excluding diaryl/α,β-unsaturated/α-hetero) is 1. The number of nitrogens with one attached hydrogen (secondary N) is 2. The number of thioether (sulfide) groups is 1. The first-order valence-corrected chi connectivity index (χ1v) is 8.62. The van der Waals surface area contributed by atoms with E-state index in [1.165, 1.54) is 11.8 Å². The number of amides is 1. The molecule has 1 aliphatic rings. The number of anilines is 1. The number of carbonyl (C=O) groups excluding carboxylic acids is 2. The van der Waals surface area contributed by atoms with Gasteiger partial charge in [0.1, 0.15) is 5.57 Å². The number of benzene rings is 2. The summed E-state index contributed by atoms with van der Waals surface area (Å²) in [7, 11) is 0. The van der Waals surface area contributed by atoms with E-state index in [0.717, 1.165) is 22.9 Å². The van der Waals surface area contributed by atoms with E-state index in [0.29, 0.717) is 17.3 Å². The second kappa shape index (κ2) is 6.87. The topological polar surface area (TPSA) is 58.2 Å². The summed E-state index contributed by atoms with van der Waals surface area (Å²) in [6.45, 7) is 2.55. The molecule has 0 radical (unpaired) electrons. The summed E-state index contributed by atoms with van der Waals surface area (Å²) in [5, 5.41) is 8.92. The van der Waals surface area contributed by atoms with Crippen LogP contribution >= 0.6 is 11.8 Å². The fourth-order valence-electron chi connectivity index (χ4n) is 2.46. The Morgan fingerprint density at radius 3 is 2.74 bits per heavy atom. The van der Waals surface area contributed by atoms with Crippen LogP contribution in [0.1, 0.15) is 13.3 Å². The van der Waals surface area contributed by atoms with E-state index in [9.17, 15) is 9.59 Å². The molecule has 0 fully saturated rings. The molecule has 118 valence electrons. The fraction of sp³-hybridized carbons (Fsp3) is 0.222. The monoisotopic (exact) mass is 326 g/mol. The first kappa shape index (κ1) is 15.6. The average molecular weight is 326 g/mol. The summed E-state index contributed by atoms with van der Waals surface area (Å²) in [5.41, 5.74) is 1.12. The molecule has 0 saturated carbocycles. The molecule has 1 aliphatic heterocycles. The number of ketones is 1. The lowest BCUT2D eigenvalue weighted by atomic mass is 10.1. The molecule has 0 saturated heterocycles. The predicted molar refractivity (Wildman–Crippen MR) is 95.4 cm³/mol. The van der Waals surface area contributed by atoms with E-state index in [-0.39, 0.29) is 17.3 Å². The fourth-order valence-corrected chi connectivity index (χ4v) is 3.42. The summed E-state index contributed by atoms with van der Waals surface area (Å²) < 4.78 is 0. The zero-order valence-electron chi connectivity index (χ0n) is 12.9. The van der Waals surface area contributed by atoms with Gasteiger partial charge in [-0.15, -0.1) is 0 Å². The first-order valence-electron chi connectivity index (χ1n) is 7.63. The molecule has 0 aliphatic carbocycles. The van der Waals surface area contributed by atoms with Gasteiger partial charge in [0.25, 0.3) is 5.91 Å². The van der Waals surface area contributed by atoms with Crippen LogP contribution in [0.2, 0.25) is 0 Å². The van der Waals surface area contributed by atoms with Crippen molar-refractivity contribution in [3.63, 3.8) is 0 Å². The summed E-state index contributed by atoms with van der Waals surface area (Å²) >= 11 is 1.38. The van der Waals surface area contributed by atoms with E-state index in [1.807, 2.05) is 43.3 Å². The largest absolute Gasteiger partial charge is 0.352 e. The van der Waals surface area contributed by atoms with Crippen molar-refractivity contribution in [2.75, 3.05) is 17.6 Å². The van der Waals surface area contributed by atoms with Crippen molar-refractivity contribution in [3.05, 3.63) is 53.1 Å². The maximum atomic E-state index is 12.2. The first-order chi connectivity index (χ1) is 11.2. The normalized spacial score (nSPS) is 14.4. The number of rotatable bonds is 5. The van der Waals surface area contributed by atoms with Crippen LogP contribution in [0, 0.1) is 0 Å². The number of hydrogen-bond acceptors (Lipinski definition) is 4. The molecular formula is C18H18N2O2S. The van der Waals surface area contributed by atoms with Crippen LogP contribution in [0.15, 0.2) is 53.1 Å². The summed E-state index contributed by atoms with van der Waals surface area (Å²) in [4.78, 5) is 24.2. The third kappa shape index (κ3) is 3.40. The Morgan fingerprint density at radius 1 is 1.17 bits per heavy atom. The van der Waals surface area contributed by atoms with Gasteiger partial charge in [0.2, 0.25) is 0 Å². The minimum absolute atomic E-state index is 0.119. The SMILES string of the molecule is CCCNC(=O)C1=C(Nc2ccc3ccccc3c2)SCC1=O. The zero-order chi connectivity index (χ0) is 16.2. The van der Waals surface area contributed by atoms with Crippen molar-refractivity contribution in [2.24, 2.45) is 0 Å². The van der Waals surface area contributed by atoms with Crippen LogP contribution in [0.5, 0.6) is 0 Å². The molecule has 3 rings (SSSR count). The number of carbonyl (C=O) groups is 2. The lowest BCUT2D eigenvalue weighted by Gasteiger charge is -2.10. The maximum absolute atomic E-state index is 12.2. The van der Waals surface area contributed by atoms with Gasteiger partial charge in [-0.3, -0.25) is 9.59 Å². The highest BCUT2D eigenvalue weighted by atomic mass is 32.2. The number of hydrogen-bond donors (Lipinski definition) is 2. The van der Waals surface area contributed by atoms with E-state index >= 15 is 0 Å². The van der Waals surface area contributed by atoms with Crippen molar-refractivity contribution in [1.82, 2.24) is 5.32 Å². The molecule has 2 aromatic carbocycles. The molecule has 23 heavy (non-hydrogen) atoms. The van der Waals surface area contributed by atoms with E-state index < -0.39 is 0 Å². The Balaban J connectivity index is 1.87. The third-order valence-electron chi connectivity index (χ3n) is 3.62. The van der Waals surface area contributed by atoms with Crippen molar-refractivity contribution >= 4 is 39.9 Å². The molecule has 0 bridgehead atoms. The molecular weight excluding hydrogens is 308 g/mol. The molecule has 0 spiro atoms. The van der Waals surface area contributed by atoms with E-state index in [4.69, 9.17) is 0 Å². The Bertz CT molecular complexity index is 798.